The summed E-state index contributed by atoms with van der Waals surface area (Å²) in [7, 11) is 0. The fourth-order valence-electron chi connectivity index (χ4n) is 1.33. The van der Waals surface area contributed by atoms with Crippen LogP contribution >= 0.6 is 0 Å². The Kier molecular flexibility index (Phi) is 1.74. The highest BCUT2D eigenvalue weighted by Crippen LogP contribution is 2.20. The molecule has 0 bridgehead atoms. The second kappa shape index (κ2) is 2.89. The molecule has 12 heavy (non-hydrogen) atoms. The van der Waals surface area contributed by atoms with Crippen molar-refractivity contribution in [2.45, 2.75) is 13.3 Å². The second-order valence-electron chi connectivity index (χ2n) is 2.85. The minimum atomic E-state index is 0.988. The van der Waals surface area contributed by atoms with Gasteiger partial charge < -0.3 is 0 Å². The summed E-state index contributed by atoms with van der Waals surface area (Å²) in [6.45, 7) is 2.08. The van der Waals surface area contributed by atoms with Crippen molar-refractivity contribution < 1.29 is 0 Å². The third-order valence-electron chi connectivity index (χ3n) is 1.97. The Bertz CT molecular complexity index is 351. The molecule has 0 atom stereocenters. The van der Waals surface area contributed by atoms with Crippen LogP contribution in [0.2, 0.25) is 0 Å². The lowest BCUT2D eigenvalue weighted by Gasteiger charge is -2.01. The van der Waals surface area contributed by atoms with Crippen molar-refractivity contribution in [3.05, 3.63) is 35.9 Å². The first-order valence-electron chi connectivity index (χ1n) is 4.01. The van der Waals surface area contributed by atoms with E-state index in [2.05, 4.69) is 35.1 Å². The molecule has 0 spiro atoms. The molecule has 1 aromatic rings. The first-order valence-corrected chi connectivity index (χ1v) is 4.01. The molecule has 2 heteroatoms. The van der Waals surface area contributed by atoms with Gasteiger partial charge in [0, 0.05) is 11.8 Å². The number of nitrogens with zero attached hydrogens (tertiary/aromatic N) is 2. The highest BCUT2D eigenvalue weighted by Gasteiger charge is 2.04. The lowest BCUT2D eigenvalue weighted by atomic mass is 10.1. The summed E-state index contributed by atoms with van der Waals surface area (Å²) in [6.07, 6.45) is 10.8. The van der Waals surface area contributed by atoms with Crippen molar-refractivity contribution in [3.63, 3.8) is 0 Å². The number of allylic oxidation sites excluding steroid dienone is 3. The first kappa shape index (κ1) is 7.22. The van der Waals surface area contributed by atoms with E-state index in [-0.39, 0.29) is 0 Å². The van der Waals surface area contributed by atoms with Gasteiger partial charge in [0.05, 0.1) is 5.69 Å². The van der Waals surface area contributed by atoms with Gasteiger partial charge in [-0.25, -0.2) is 9.97 Å². The summed E-state index contributed by atoms with van der Waals surface area (Å²) in [4.78, 5) is 8.21. The van der Waals surface area contributed by atoms with Crippen LogP contribution in [0.5, 0.6) is 0 Å². The molecule has 1 aliphatic carbocycles. The molecule has 0 unspecified atom stereocenters. The van der Waals surface area contributed by atoms with Crippen molar-refractivity contribution in [2.24, 2.45) is 0 Å². The van der Waals surface area contributed by atoms with Crippen molar-refractivity contribution in [1.82, 2.24) is 9.97 Å². The molecule has 0 radical (unpaired) electrons. The zero-order valence-electron chi connectivity index (χ0n) is 6.99. The molecular weight excluding hydrogens is 148 g/mol. The van der Waals surface area contributed by atoms with Gasteiger partial charge in [0.15, 0.2) is 0 Å². The van der Waals surface area contributed by atoms with Gasteiger partial charge in [-0.2, -0.15) is 0 Å². The van der Waals surface area contributed by atoms with Crippen molar-refractivity contribution in [1.29, 1.82) is 0 Å². The first-order chi connectivity index (χ1) is 5.88. The quantitative estimate of drug-likeness (QED) is 0.579. The topological polar surface area (TPSA) is 25.8 Å². The minimum Gasteiger partial charge on any atom is -0.244 e. The maximum Gasteiger partial charge on any atom is 0.116 e. The second-order valence-corrected chi connectivity index (χ2v) is 2.85. The monoisotopic (exact) mass is 158 g/mol. The van der Waals surface area contributed by atoms with E-state index in [4.69, 9.17) is 0 Å². The fourth-order valence-corrected chi connectivity index (χ4v) is 1.33. The van der Waals surface area contributed by atoms with E-state index < -0.39 is 0 Å². The number of rotatable bonds is 0. The van der Waals surface area contributed by atoms with Gasteiger partial charge in [0.1, 0.15) is 6.33 Å². The Balaban J connectivity index is 2.62. The number of aromatic nitrogens is 2. The van der Waals surface area contributed by atoms with Crippen LogP contribution < -0.4 is 0 Å². The molecule has 0 N–H and O–H groups in total. The van der Waals surface area contributed by atoms with Crippen LogP contribution in [0.15, 0.2) is 24.7 Å². The molecule has 0 amide bonds. The van der Waals surface area contributed by atoms with E-state index in [0.29, 0.717) is 0 Å². The third kappa shape index (κ3) is 1.16. The van der Waals surface area contributed by atoms with Crippen LogP contribution in [-0.2, 0) is 0 Å². The van der Waals surface area contributed by atoms with Crippen LogP contribution in [-0.4, -0.2) is 9.97 Å². The predicted octanol–water partition coefficient (Wildman–Crippen LogP) is 2.30. The predicted molar refractivity (Wildman–Crippen MR) is 49.3 cm³/mol. The summed E-state index contributed by atoms with van der Waals surface area (Å²) in [5, 5.41) is 0. The standard InChI is InChI=1S/C10H10N2/c1-8-4-2-3-5-9-6-11-7-12-10(8)9/h3-7H,2H2,1H3. The number of hydrogen-bond donors (Lipinski definition) is 0. The molecule has 0 saturated heterocycles. The maximum atomic E-state index is 4.23. The number of fused-ring (bicyclic) bond motifs is 1. The molecule has 0 aromatic carbocycles. The van der Waals surface area contributed by atoms with Gasteiger partial charge >= 0.3 is 0 Å². The molecule has 0 aliphatic heterocycles. The highest BCUT2D eigenvalue weighted by molar-refractivity contribution is 5.71. The van der Waals surface area contributed by atoms with E-state index in [9.17, 15) is 0 Å². The zero-order valence-corrected chi connectivity index (χ0v) is 6.99. The Morgan fingerprint density at radius 2 is 2.33 bits per heavy atom. The largest absolute Gasteiger partial charge is 0.244 e. The maximum absolute atomic E-state index is 4.23. The molecular formula is C10H10N2. The fraction of sp³-hybridized carbons (Fsp3) is 0.200. The average molecular weight is 158 g/mol. The van der Waals surface area contributed by atoms with Crippen molar-refractivity contribution in [2.75, 3.05) is 0 Å². The summed E-state index contributed by atoms with van der Waals surface area (Å²) >= 11 is 0. The molecule has 1 aliphatic rings. The van der Waals surface area contributed by atoms with E-state index in [0.717, 1.165) is 17.7 Å². The van der Waals surface area contributed by atoms with Crippen LogP contribution in [0, 0.1) is 0 Å². The normalized spacial score (nSPS) is 14.9. The lowest BCUT2D eigenvalue weighted by Crippen LogP contribution is -1.90. The molecule has 1 aromatic heterocycles. The van der Waals surface area contributed by atoms with Crippen LogP contribution in [0.1, 0.15) is 24.6 Å². The summed E-state index contributed by atoms with van der Waals surface area (Å²) in [5.41, 5.74) is 3.40. The van der Waals surface area contributed by atoms with Crippen molar-refractivity contribution in [3.8, 4) is 0 Å². The molecule has 1 heterocycles. The van der Waals surface area contributed by atoms with E-state index in [1.807, 2.05) is 6.20 Å². The van der Waals surface area contributed by atoms with Gasteiger partial charge in [-0.15, -0.1) is 0 Å². The number of hydrogen-bond acceptors (Lipinski definition) is 2. The molecule has 60 valence electrons. The lowest BCUT2D eigenvalue weighted by molar-refractivity contribution is 1.13. The van der Waals surface area contributed by atoms with Gasteiger partial charge in [-0.3, -0.25) is 0 Å². The zero-order chi connectivity index (χ0) is 8.39. The average Bonchev–Trinajstić information content (AvgIpc) is 2.29. The molecule has 0 fully saturated rings. The Morgan fingerprint density at radius 3 is 3.25 bits per heavy atom. The smallest absolute Gasteiger partial charge is 0.116 e. The van der Waals surface area contributed by atoms with Gasteiger partial charge in [0.25, 0.3) is 0 Å². The van der Waals surface area contributed by atoms with Gasteiger partial charge in [-0.05, 0) is 18.9 Å². The van der Waals surface area contributed by atoms with Crippen LogP contribution in [0.3, 0.4) is 0 Å². The third-order valence-corrected chi connectivity index (χ3v) is 1.97. The summed E-state index contributed by atoms with van der Waals surface area (Å²) in [6, 6.07) is 0. The summed E-state index contributed by atoms with van der Waals surface area (Å²) < 4.78 is 0. The Labute approximate surface area is 71.7 Å². The van der Waals surface area contributed by atoms with E-state index in [1.54, 1.807) is 6.33 Å². The van der Waals surface area contributed by atoms with Gasteiger partial charge in [0.2, 0.25) is 0 Å². The molecule has 2 nitrogen and oxygen atoms in total. The van der Waals surface area contributed by atoms with E-state index >= 15 is 0 Å². The molecule has 2 rings (SSSR count). The van der Waals surface area contributed by atoms with E-state index in [1.165, 1.54) is 5.57 Å². The Hall–Kier alpha value is -1.44. The highest BCUT2D eigenvalue weighted by atomic mass is 14.8. The molecule has 0 saturated carbocycles. The van der Waals surface area contributed by atoms with Crippen LogP contribution in [0.4, 0.5) is 0 Å². The van der Waals surface area contributed by atoms with Gasteiger partial charge in [-0.1, -0.05) is 18.2 Å². The summed E-state index contributed by atoms with van der Waals surface area (Å²) in [5.74, 6) is 0. The van der Waals surface area contributed by atoms with Crippen molar-refractivity contribution >= 4 is 11.6 Å². The Morgan fingerprint density at radius 1 is 1.42 bits per heavy atom. The minimum absolute atomic E-state index is 0.988. The van der Waals surface area contributed by atoms with Crippen LogP contribution in [0.25, 0.3) is 11.6 Å². The SMILES string of the molecule is CC1=CCC=Cc2cncnc21.